The molecule has 0 saturated heterocycles. The van der Waals surface area contributed by atoms with Gasteiger partial charge in [-0.15, -0.1) is 11.3 Å². The number of rotatable bonds is 6. The summed E-state index contributed by atoms with van der Waals surface area (Å²) < 4.78 is 6.12. The number of hydrogen-bond donors (Lipinski definition) is 1. The van der Waals surface area contributed by atoms with Crippen LogP contribution in [-0.2, 0) is 11.3 Å². The molecule has 0 radical (unpaired) electrons. The number of carbonyl (C=O) groups is 1. The van der Waals surface area contributed by atoms with E-state index in [4.69, 9.17) is 16.3 Å². The summed E-state index contributed by atoms with van der Waals surface area (Å²) in [6, 6.07) is 10.0. The van der Waals surface area contributed by atoms with Crippen LogP contribution >= 0.6 is 22.9 Å². The fourth-order valence-electron chi connectivity index (χ4n) is 2.19. The maximum absolute atomic E-state index is 12.4. The van der Waals surface area contributed by atoms with E-state index in [0.29, 0.717) is 22.5 Å². The molecule has 2 heterocycles. The number of nitrogens with zero attached hydrogens (tertiary/aromatic N) is 3. The van der Waals surface area contributed by atoms with Crippen molar-refractivity contribution in [3.05, 3.63) is 62.8 Å². The Hall–Kier alpha value is -2.55. The quantitative estimate of drug-likeness (QED) is 0.699. The number of carbonyl (C=O) groups excluding carboxylic acids is 1. The zero-order valence-corrected chi connectivity index (χ0v) is 15.4. The zero-order chi connectivity index (χ0) is 18.5. The van der Waals surface area contributed by atoms with Gasteiger partial charge in [0.1, 0.15) is 5.69 Å². The van der Waals surface area contributed by atoms with Crippen LogP contribution in [-0.4, -0.2) is 34.4 Å². The Morgan fingerprint density at radius 3 is 2.88 bits per heavy atom. The number of thiazole rings is 1. The van der Waals surface area contributed by atoms with Crippen molar-refractivity contribution >= 4 is 34.0 Å². The normalized spacial score (nSPS) is 10.7. The smallest absolute Gasteiger partial charge is 0.277 e. The minimum Gasteiger partial charge on any atom is -0.383 e. The van der Waals surface area contributed by atoms with E-state index in [1.165, 1.54) is 35.3 Å². The molecular formula is C17H15ClN4O3S. The fraction of sp³-hybridized carbons (Fsp3) is 0.176. The molecule has 3 rings (SSSR count). The summed E-state index contributed by atoms with van der Waals surface area (Å²) in [7, 11) is 1.53. The lowest BCUT2D eigenvalue weighted by atomic mass is 10.2. The topological polar surface area (TPSA) is 86.1 Å². The molecule has 0 unspecified atom stereocenters. The van der Waals surface area contributed by atoms with E-state index in [1.54, 1.807) is 6.07 Å². The van der Waals surface area contributed by atoms with E-state index in [1.807, 2.05) is 23.6 Å². The van der Waals surface area contributed by atoms with Crippen molar-refractivity contribution in [2.75, 3.05) is 19.0 Å². The Morgan fingerprint density at radius 2 is 2.12 bits per heavy atom. The van der Waals surface area contributed by atoms with Gasteiger partial charge >= 0.3 is 0 Å². The highest BCUT2D eigenvalue weighted by Crippen LogP contribution is 2.30. The summed E-state index contributed by atoms with van der Waals surface area (Å²) in [6.45, 7) is 0.593. The fourth-order valence-corrected chi connectivity index (χ4v) is 3.13. The molecule has 0 atom stereocenters. The van der Waals surface area contributed by atoms with Gasteiger partial charge in [0, 0.05) is 29.1 Å². The molecule has 0 aliphatic rings. The Labute approximate surface area is 158 Å². The number of amides is 1. The zero-order valence-electron chi connectivity index (χ0n) is 13.8. The van der Waals surface area contributed by atoms with Gasteiger partial charge in [-0.1, -0.05) is 29.8 Å². The Bertz CT molecular complexity index is 986. The molecule has 1 N–H and O–H groups in total. The number of methoxy groups -OCH3 is 1. The van der Waals surface area contributed by atoms with Gasteiger partial charge in [0.2, 0.25) is 0 Å². The van der Waals surface area contributed by atoms with Gasteiger partial charge < -0.3 is 4.74 Å². The van der Waals surface area contributed by atoms with E-state index in [0.717, 1.165) is 5.56 Å². The van der Waals surface area contributed by atoms with E-state index < -0.39 is 5.91 Å². The molecule has 0 fully saturated rings. The predicted octanol–water partition coefficient (Wildman–Crippen LogP) is 2.92. The van der Waals surface area contributed by atoms with Gasteiger partial charge in [0.05, 0.1) is 18.8 Å². The second kappa shape index (κ2) is 8.22. The lowest BCUT2D eigenvalue weighted by Crippen LogP contribution is -2.27. The van der Waals surface area contributed by atoms with Gasteiger partial charge in [-0.3, -0.25) is 14.9 Å². The molecule has 134 valence electrons. The molecule has 2 aromatic heterocycles. The lowest BCUT2D eigenvalue weighted by Gasteiger charge is -2.06. The van der Waals surface area contributed by atoms with Crippen molar-refractivity contribution < 1.29 is 9.53 Å². The van der Waals surface area contributed by atoms with Gasteiger partial charge in [-0.25, -0.2) is 9.67 Å². The summed E-state index contributed by atoms with van der Waals surface area (Å²) >= 11 is 7.45. The molecular weight excluding hydrogens is 376 g/mol. The van der Waals surface area contributed by atoms with Crippen LogP contribution in [0.2, 0.25) is 5.02 Å². The standard InChI is InChI=1S/C17H15ClN4O3S/c1-25-9-8-22-15(23)7-6-13(21-22)16(24)20-17-19-14(10-26-17)11-4-2-3-5-12(11)18/h2-7,10H,8-9H2,1H3,(H,19,20,24). The van der Waals surface area contributed by atoms with E-state index in [-0.39, 0.29) is 17.8 Å². The number of ether oxygens (including phenoxy) is 1. The maximum Gasteiger partial charge on any atom is 0.277 e. The van der Waals surface area contributed by atoms with Crippen LogP contribution < -0.4 is 10.9 Å². The first-order chi connectivity index (χ1) is 12.6. The summed E-state index contributed by atoms with van der Waals surface area (Å²) in [6.07, 6.45) is 0. The average Bonchev–Trinajstić information content (AvgIpc) is 3.09. The first kappa shape index (κ1) is 18.2. The van der Waals surface area contributed by atoms with Crippen LogP contribution in [0.3, 0.4) is 0 Å². The van der Waals surface area contributed by atoms with Crippen molar-refractivity contribution in [3.8, 4) is 11.3 Å². The molecule has 1 aromatic carbocycles. The minimum atomic E-state index is -0.448. The van der Waals surface area contributed by atoms with E-state index in [2.05, 4.69) is 15.4 Å². The van der Waals surface area contributed by atoms with Crippen molar-refractivity contribution in [2.45, 2.75) is 6.54 Å². The Balaban J connectivity index is 1.77. The predicted molar refractivity (Wildman–Crippen MR) is 101 cm³/mol. The number of anilines is 1. The summed E-state index contributed by atoms with van der Waals surface area (Å²) in [4.78, 5) is 28.5. The summed E-state index contributed by atoms with van der Waals surface area (Å²) in [5, 5.41) is 9.55. The van der Waals surface area contributed by atoms with Gasteiger partial charge in [-0.05, 0) is 12.1 Å². The molecule has 0 aliphatic heterocycles. The highest BCUT2D eigenvalue weighted by molar-refractivity contribution is 7.14. The van der Waals surface area contributed by atoms with Crippen LogP contribution in [0.5, 0.6) is 0 Å². The van der Waals surface area contributed by atoms with E-state index >= 15 is 0 Å². The van der Waals surface area contributed by atoms with Crippen LogP contribution in [0.15, 0.2) is 46.6 Å². The molecule has 0 aliphatic carbocycles. The summed E-state index contributed by atoms with van der Waals surface area (Å²) in [5.41, 5.74) is 1.29. The van der Waals surface area contributed by atoms with Gasteiger partial charge in [0.15, 0.2) is 5.13 Å². The largest absolute Gasteiger partial charge is 0.383 e. The molecule has 26 heavy (non-hydrogen) atoms. The van der Waals surface area contributed by atoms with Crippen LogP contribution in [0.25, 0.3) is 11.3 Å². The van der Waals surface area contributed by atoms with Crippen molar-refractivity contribution in [2.24, 2.45) is 0 Å². The second-order valence-corrected chi connectivity index (χ2v) is 6.51. The SMILES string of the molecule is COCCn1nc(C(=O)Nc2nc(-c3ccccc3Cl)cs2)ccc1=O. The van der Waals surface area contributed by atoms with Crippen LogP contribution in [0, 0.1) is 0 Å². The minimum absolute atomic E-state index is 0.121. The monoisotopic (exact) mass is 390 g/mol. The molecule has 0 bridgehead atoms. The third-order valence-electron chi connectivity index (χ3n) is 3.48. The van der Waals surface area contributed by atoms with Gasteiger partial charge in [0.25, 0.3) is 11.5 Å². The number of halogens is 1. The number of aromatic nitrogens is 3. The highest BCUT2D eigenvalue weighted by Gasteiger charge is 2.13. The highest BCUT2D eigenvalue weighted by atomic mass is 35.5. The second-order valence-electron chi connectivity index (χ2n) is 5.24. The number of benzene rings is 1. The van der Waals surface area contributed by atoms with Crippen molar-refractivity contribution in [1.82, 2.24) is 14.8 Å². The molecule has 0 saturated carbocycles. The molecule has 7 nitrogen and oxygen atoms in total. The van der Waals surface area contributed by atoms with Crippen LogP contribution in [0.4, 0.5) is 5.13 Å². The first-order valence-electron chi connectivity index (χ1n) is 7.67. The number of hydrogen-bond acceptors (Lipinski definition) is 6. The Morgan fingerprint density at radius 1 is 1.31 bits per heavy atom. The van der Waals surface area contributed by atoms with Crippen molar-refractivity contribution in [1.29, 1.82) is 0 Å². The average molecular weight is 391 g/mol. The maximum atomic E-state index is 12.4. The third kappa shape index (κ3) is 4.16. The van der Waals surface area contributed by atoms with Gasteiger partial charge in [-0.2, -0.15) is 5.10 Å². The lowest BCUT2D eigenvalue weighted by molar-refractivity contribution is 0.101. The molecule has 9 heteroatoms. The summed E-state index contributed by atoms with van der Waals surface area (Å²) in [5.74, 6) is -0.448. The number of nitrogens with one attached hydrogen (secondary N) is 1. The molecule has 1 amide bonds. The molecule has 3 aromatic rings. The third-order valence-corrected chi connectivity index (χ3v) is 4.57. The first-order valence-corrected chi connectivity index (χ1v) is 8.93. The molecule has 0 spiro atoms. The van der Waals surface area contributed by atoms with E-state index in [9.17, 15) is 9.59 Å². The Kier molecular flexibility index (Phi) is 5.77. The van der Waals surface area contributed by atoms with Crippen LogP contribution in [0.1, 0.15) is 10.5 Å². The van der Waals surface area contributed by atoms with Crippen molar-refractivity contribution in [3.63, 3.8) is 0 Å².